The molecule has 0 aliphatic heterocycles. The largest absolute Gasteiger partial charge is 0.313 e. The van der Waals surface area contributed by atoms with Crippen LogP contribution < -0.4 is 5.73 Å². The summed E-state index contributed by atoms with van der Waals surface area (Å²) in [7, 11) is 2.45. The molecule has 2 N–H and O–H groups in total. The van der Waals surface area contributed by atoms with Crippen molar-refractivity contribution < 1.29 is 0 Å². The van der Waals surface area contributed by atoms with E-state index in [-0.39, 0.29) is 6.04 Å². The molecule has 0 heterocycles. The van der Waals surface area contributed by atoms with Gasteiger partial charge in [-0.05, 0) is 13.0 Å². The van der Waals surface area contributed by atoms with Gasteiger partial charge >= 0.3 is 0 Å². The van der Waals surface area contributed by atoms with Crippen LogP contribution in [0.5, 0.6) is 0 Å². The summed E-state index contributed by atoms with van der Waals surface area (Å²) in [5.41, 5.74) is 8.27. The van der Waals surface area contributed by atoms with Crippen molar-refractivity contribution in [1.29, 1.82) is 0 Å². The fourth-order valence-electron chi connectivity index (χ4n) is 0.409. The predicted octanol–water partition coefficient (Wildman–Crippen LogP) is 1.44. The first-order chi connectivity index (χ1) is 5.22. The third-order valence-electron chi connectivity index (χ3n) is 1.03. The molecule has 58 valence electrons. The van der Waals surface area contributed by atoms with E-state index in [1.807, 2.05) is 13.0 Å². The Labute approximate surface area is 70.3 Å². The van der Waals surface area contributed by atoms with E-state index < -0.39 is 0 Å². The van der Waals surface area contributed by atoms with Gasteiger partial charge in [-0.1, -0.05) is 33.7 Å². The van der Waals surface area contributed by atoms with Gasteiger partial charge in [-0.2, -0.15) is 0 Å². The van der Waals surface area contributed by atoms with Gasteiger partial charge in [-0.15, -0.1) is 5.73 Å². The minimum Gasteiger partial charge on any atom is -0.313 e. The van der Waals surface area contributed by atoms with Gasteiger partial charge in [0, 0.05) is 5.31 Å². The fraction of sp³-hybridized carbons (Fsp3) is 0.222. The van der Waals surface area contributed by atoms with Gasteiger partial charge in [0.15, 0.2) is 0 Å². The van der Waals surface area contributed by atoms with E-state index in [4.69, 9.17) is 5.73 Å². The second kappa shape index (κ2) is 5.96. The first-order valence-electron chi connectivity index (χ1n) is 3.25. The number of hydrogen-bond acceptors (Lipinski definition) is 1. The summed E-state index contributed by atoms with van der Waals surface area (Å²) >= 11 is 0. The maximum Gasteiger partial charge on any atom is 0.0995 e. The van der Waals surface area contributed by atoms with Gasteiger partial charge in [0.25, 0.3) is 0 Å². The van der Waals surface area contributed by atoms with Crippen molar-refractivity contribution in [3.63, 3.8) is 0 Å². The molecule has 0 amide bonds. The van der Waals surface area contributed by atoms with Crippen LogP contribution in [0.3, 0.4) is 0 Å². The lowest BCUT2D eigenvalue weighted by molar-refractivity contribution is 1.05. The van der Waals surface area contributed by atoms with Crippen molar-refractivity contribution in [3.8, 4) is 11.8 Å². The van der Waals surface area contributed by atoms with Crippen molar-refractivity contribution in [2.75, 3.05) is 0 Å². The summed E-state index contributed by atoms with van der Waals surface area (Å²) in [4.78, 5) is 0. The maximum atomic E-state index is 5.60. The number of allylic oxidation sites excluding steroid dienone is 2. The molecule has 0 spiro atoms. The van der Waals surface area contributed by atoms with E-state index in [2.05, 4.69) is 33.4 Å². The molecule has 0 rings (SSSR count). The molecule has 1 nitrogen and oxygen atoms in total. The fourth-order valence-corrected chi connectivity index (χ4v) is 0.492. The van der Waals surface area contributed by atoms with Gasteiger partial charge in [0.1, 0.15) is 0 Å². The molecule has 0 fully saturated rings. The molecule has 0 aromatic heterocycles. The highest BCUT2D eigenvalue weighted by Gasteiger charge is 1.96. The molecule has 2 unspecified atom stereocenters. The van der Waals surface area contributed by atoms with Crippen LogP contribution in [-0.4, -0.2) is 6.04 Å². The molecule has 0 saturated carbocycles. The number of nitrogens with two attached hydrogens (primary N) is 1. The lowest BCUT2D eigenvalue weighted by atomic mass is 10.3. The number of rotatable bonds is 1. The quantitative estimate of drug-likeness (QED) is 0.355. The second-order valence-electron chi connectivity index (χ2n) is 1.90. The Morgan fingerprint density at radius 1 is 1.73 bits per heavy atom. The molecular weight excluding hydrogens is 153 g/mol. The van der Waals surface area contributed by atoms with Gasteiger partial charge in [0.05, 0.1) is 6.04 Å². The summed E-state index contributed by atoms with van der Waals surface area (Å²) < 4.78 is 0. The first kappa shape index (κ1) is 10.2. The normalized spacial score (nSPS) is 11.5. The highest BCUT2D eigenvalue weighted by molar-refractivity contribution is 7.22. The zero-order valence-corrected chi connectivity index (χ0v) is 7.75. The minimum atomic E-state index is -0.270. The average molecular weight is 165 g/mol. The van der Waals surface area contributed by atoms with Gasteiger partial charge in [-0.25, -0.2) is 0 Å². The zero-order valence-electron chi connectivity index (χ0n) is 6.59. The molecular formula is C9H12NP. The predicted molar refractivity (Wildman–Crippen MR) is 52.9 cm³/mol. The Bertz CT molecular complexity index is 248. The third-order valence-corrected chi connectivity index (χ3v) is 1.59. The number of hydrogen-bond donors (Lipinski definition) is 1. The van der Waals surface area contributed by atoms with E-state index in [1.54, 1.807) is 6.08 Å². The molecule has 0 radical (unpaired) electrons. The third kappa shape index (κ3) is 4.59. The second-order valence-corrected chi connectivity index (χ2v) is 2.52. The van der Waals surface area contributed by atoms with Crippen LogP contribution in [-0.2, 0) is 0 Å². The van der Waals surface area contributed by atoms with Crippen LogP contribution in [0.2, 0.25) is 0 Å². The van der Waals surface area contributed by atoms with Crippen LogP contribution in [0, 0.1) is 11.8 Å². The smallest absolute Gasteiger partial charge is 0.0995 e. The minimum absolute atomic E-state index is 0.270. The van der Waals surface area contributed by atoms with E-state index in [0.717, 1.165) is 5.31 Å². The molecule has 0 aliphatic carbocycles. The molecule has 0 bridgehead atoms. The topological polar surface area (TPSA) is 26.0 Å². The van der Waals surface area contributed by atoms with E-state index in [9.17, 15) is 0 Å². The van der Waals surface area contributed by atoms with Crippen molar-refractivity contribution >= 4 is 9.24 Å². The van der Waals surface area contributed by atoms with Crippen LogP contribution in [0.25, 0.3) is 0 Å². The van der Waals surface area contributed by atoms with Crippen LogP contribution in [0.15, 0.2) is 29.8 Å². The molecule has 0 saturated heterocycles. The van der Waals surface area contributed by atoms with Crippen molar-refractivity contribution in [1.82, 2.24) is 0 Å². The van der Waals surface area contributed by atoms with E-state index in [0.29, 0.717) is 0 Å². The maximum absolute atomic E-state index is 5.60. The summed E-state index contributed by atoms with van der Waals surface area (Å²) in [5, 5.41) is 0.794. The monoisotopic (exact) mass is 165 g/mol. The molecule has 0 aromatic rings. The van der Waals surface area contributed by atoms with E-state index >= 15 is 0 Å². The Morgan fingerprint density at radius 2 is 2.36 bits per heavy atom. The summed E-state index contributed by atoms with van der Waals surface area (Å²) in [6, 6.07) is -0.270. The van der Waals surface area contributed by atoms with Crippen molar-refractivity contribution in [3.05, 3.63) is 29.8 Å². The Balaban J connectivity index is 4.21. The molecule has 0 aliphatic rings. The van der Waals surface area contributed by atoms with Crippen molar-refractivity contribution in [2.24, 2.45) is 5.73 Å². The highest BCUT2D eigenvalue weighted by Crippen LogP contribution is 2.05. The van der Waals surface area contributed by atoms with Gasteiger partial charge < -0.3 is 5.73 Å². The van der Waals surface area contributed by atoms with Crippen LogP contribution in [0.4, 0.5) is 0 Å². The average Bonchev–Trinajstić information content (AvgIpc) is 2.03. The molecule has 0 aromatic carbocycles. The lowest BCUT2D eigenvalue weighted by Crippen LogP contribution is -2.16. The first-order valence-corrected chi connectivity index (χ1v) is 3.83. The van der Waals surface area contributed by atoms with Gasteiger partial charge in [0.2, 0.25) is 0 Å². The van der Waals surface area contributed by atoms with E-state index in [1.165, 1.54) is 0 Å². The van der Waals surface area contributed by atoms with Crippen LogP contribution >= 0.6 is 9.24 Å². The molecule has 11 heavy (non-hydrogen) atoms. The van der Waals surface area contributed by atoms with Crippen LogP contribution in [0.1, 0.15) is 6.92 Å². The standard InChI is InChI=1S/C9H12NP/c1-3-5-6-7-8(10)9(11)4-2/h3,5,8H,2,10-11H2,1H3. The highest BCUT2D eigenvalue weighted by atomic mass is 31.0. The molecule has 2 atom stereocenters. The van der Waals surface area contributed by atoms with Crippen molar-refractivity contribution in [2.45, 2.75) is 13.0 Å². The summed E-state index contributed by atoms with van der Waals surface area (Å²) in [5.74, 6) is 5.61. The van der Waals surface area contributed by atoms with Gasteiger partial charge in [-0.3, -0.25) is 0 Å². The lowest BCUT2D eigenvalue weighted by Gasteiger charge is -1.98. The summed E-state index contributed by atoms with van der Waals surface area (Å²) in [6.45, 7) is 5.37. The SMILES string of the molecule is C=C=C(P)C(N)C#CC=CC. The summed E-state index contributed by atoms with van der Waals surface area (Å²) in [6.07, 6.45) is 3.61. The molecule has 2 heteroatoms. The Kier molecular flexibility index (Phi) is 5.53. The Hall–Kier alpha value is -0.790. The Morgan fingerprint density at radius 3 is 2.82 bits per heavy atom. The zero-order chi connectivity index (χ0) is 8.69.